The maximum atomic E-state index is 8.99. The molecular formula is C11H10N2O. The standard InChI is InChI=1S/C11H10N2O/c1-2-9-8-14-11(10(9)7-12)13-5-3-4-6-13/h3-6,8H,2H2,1H3. The van der Waals surface area contributed by atoms with Crippen LogP contribution < -0.4 is 0 Å². The zero-order chi connectivity index (χ0) is 9.97. The van der Waals surface area contributed by atoms with E-state index in [1.165, 1.54) is 0 Å². The minimum Gasteiger partial charge on any atom is -0.446 e. The lowest BCUT2D eigenvalue weighted by molar-refractivity contribution is 0.536. The Morgan fingerprint density at radius 1 is 1.43 bits per heavy atom. The maximum Gasteiger partial charge on any atom is 0.221 e. The van der Waals surface area contributed by atoms with E-state index in [2.05, 4.69) is 6.07 Å². The van der Waals surface area contributed by atoms with Gasteiger partial charge in [0.05, 0.1) is 6.26 Å². The van der Waals surface area contributed by atoms with Crippen molar-refractivity contribution in [1.82, 2.24) is 4.57 Å². The molecule has 0 amide bonds. The van der Waals surface area contributed by atoms with Gasteiger partial charge >= 0.3 is 0 Å². The van der Waals surface area contributed by atoms with E-state index < -0.39 is 0 Å². The molecule has 3 nitrogen and oxygen atoms in total. The van der Waals surface area contributed by atoms with Gasteiger partial charge in [0.15, 0.2) is 0 Å². The second kappa shape index (κ2) is 3.43. The van der Waals surface area contributed by atoms with Crippen LogP contribution in [0.4, 0.5) is 0 Å². The van der Waals surface area contributed by atoms with E-state index >= 15 is 0 Å². The van der Waals surface area contributed by atoms with E-state index in [1.54, 1.807) is 10.8 Å². The van der Waals surface area contributed by atoms with Gasteiger partial charge in [0, 0.05) is 18.0 Å². The highest BCUT2D eigenvalue weighted by Gasteiger charge is 2.12. The van der Waals surface area contributed by atoms with Gasteiger partial charge in [0.2, 0.25) is 5.88 Å². The van der Waals surface area contributed by atoms with Crippen molar-refractivity contribution in [2.24, 2.45) is 0 Å². The molecule has 0 aliphatic rings. The number of aryl methyl sites for hydroxylation is 1. The maximum absolute atomic E-state index is 8.99. The molecule has 0 saturated heterocycles. The zero-order valence-electron chi connectivity index (χ0n) is 7.90. The predicted molar refractivity (Wildman–Crippen MR) is 52.1 cm³/mol. The van der Waals surface area contributed by atoms with Gasteiger partial charge in [0.25, 0.3) is 0 Å². The molecule has 0 aromatic carbocycles. The fourth-order valence-electron chi connectivity index (χ4n) is 1.42. The monoisotopic (exact) mass is 186 g/mol. The molecule has 0 spiro atoms. The molecule has 2 aromatic heterocycles. The summed E-state index contributed by atoms with van der Waals surface area (Å²) in [4.78, 5) is 0. The van der Waals surface area contributed by atoms with Crippen LogP contribution in [0.25, 0.3) is 5.88 Å². The quantitative estimate of drug-likeness (QED) is 0.723. The Hall–Kier alpha value is -1.95. The van der Waals surface area contributed by atoms with Crippen molar-refractivity contribution in [3.63, 3.8) is 0 Å². The molecule has 0 aliphatic heterocycles. The Bertz CT molecular complexity index is 460. The molecule has 2 rings (SSSR count). The lowest BCUT2D eigenvalue weighted by atomic mass is 10.1. The molecule has 14 heavy (non-hydrogen) atoms. The molecule has 70 valence electrons. The fraction of sp³-hybridized carbons (Fsp3) is 0.182. The summed E-state index contributed by atoms with van der Waals surface area (Å²) < 4.78 is 7.17. The molecule has 0 unspecified atom stereocenters. The molecular weight excluding hydrogens is 176 g/mol. The third-order valence-electron chi connectivity index (χ3n) is 2.18. The fourth-order valence-corrected chi connectivity index (χ4v) is 1.42. The average Bonchev–Trinajstić information content (AvgIpc) is 2.85. The number of nitrogens with zero attached hydrogens (tertiary/aromatic N) is 2. The van der Waals surface area contributed by atoms with Crippen molar-refractivity contribution in [2.75, 3.05) is 0 Å². The summed E-state index contributed by atoms with van der Waals surface area (Å²) in [7, 11) is 0. The zero-order valence-corrected chi connectivity index (χ0v) is 7.90. The lowest BCUT2D eigenvalue weighted by Gasteiger charge is -1.97. The van der Waals surface area contributed by atoms with Gasteiger partial charge in [-0.2, -0.15) is 5.26 Å². The van der Waals surface area contributed by atoms with E-state index in [0.717, 1.165) is 12.0 Å². The first-order valence-electron chi connectivity index (χ1n) is 4.50. The number of nitriles is 1. The van der Waals surface area contributed by atoms with Crippen LogP contribution in [0.2, 0.25) is 0 Å². The number of hydrogen-bond donors (Lipinski definition) is 0. The number of aromatic nitrogens is 1. The van der Waals surface area contributed by atoms with Gasteiger partial charge < -0.3 is 4.42 Å². The highest BCUT2D eigenvalue weighted by molar-refractivity contribution is 5.47. The van der Waals surface area contributed by atoms with Crippen molar-refractivity contribution in [2.45, 2.75) is 13.3 Å². The Kier molecular flexibility index (Phi) is 2.11. The molecule has 0 fully saturated rings. The summed E-state index contributed by atoms with van der Waals surface area (Å²) in [6.07, 6.45) is 6.18. The van der Waals surface area contributed by atoms with Crippen LogP contribution in [-0.2, 0) is 6.42 Å². The Labute approximate surface area is 82.2 Å². The topological polar surface area (TPSA) is 41.9 Å². The molecule has 0 atom stereocenters. The van der Waals surface area contributed by atoms with Crippen LogP contribution in [0.15, 0.2) is 35.2 Å². The summed E-state index contributed by atoms with van der Waals surface area (Å²) in [5, 5.41) is 8.99. The summed E-state index contributed by atoms with van der Waals surface area (Å²) in [5.74, 6) is 0.606. The third kappa shape index (κ3) is 1.21. The molecule has 0 radical (unpaired) electrons. The van der Waals surface area contributed by atoms with E-state index in [-0.39, 0.29) is 0 Å². The number of furan rings is 1. The largest absolute Gasteiger partial charge is 0.446 e. The first-order valence-corrected chi connectivity index (χ1v) is 4.50. The second-order valence-electron chi connectivity index (χ2n) is 3.00. The smallest absolute Gasteiger partial charge is 0.221 e. The van der Waals surface area contributed by atoms with Gasteiger partial charge in [-0.15, -0.1) is 0 Å². The Morgan fingerprint density at radius 2 is 2.14 bits per heavy atom. The SMILES string of the molecule is CCc1coc(-n2cccc2)c1C#N. The molecule has 3 heteroatoms. The average molecular weight is 186 g/mol. The van der Waals surface area contributed by atoms with Gasteiger partial charge in [-0.1, -0.05) is 6.92 Å². The molecule has 0 aliphatic carbocycles. The summed E-state index contributed by atoms with van der Waals surface area (Å²) in [6, 6.07) is 5.97. The summed E-state index contributed by atoms with van der Waals surface area (Å²) >= 11 is 0. The van der Waals surface area contributed by atoms with E-state index in [0.29, 0.717) is 11.4 Å². The Morgan fingerprint density at radius 3 is 2.71 bits per heavy atom. The Balaban J connectivity index is 2.56. The minimum atomic E-state index is 0.606. The van der Waals surface area contributed by atoms with Gasteiger partial charge in [-0.25, -0.2) is 0 Å². The molecule has 0 bridgehead atoms. The molecule has 2 aromatic rings. The summed E-state index contributed by atoms with van der Waals surface area (Å²) in [6.45, 7) is 2.01. The highest BCUT2D eigenvalue weighted by atomic mass is 16.3. The van der Waals surface area contributed by atoms with Crippen molar-refractivity contribution in [3.8, 4) is 12.0 Å². The third-order valence-corrected chi connectivity index (χ3v) is 2.18. The van der Waals surface area contributed by atoms with E-state index in [1.807, 2.05) is 31.5 Å². The molecule has 0 saturated carbocycles. The van der Waals surface area contributed by atoms with Crippen LogP contribution in [0.5, 0.6) is 0 Å². The number of rotatable bonds is 2. The van der Waals surface area contributed by atoms with Gasteiger partial charge in [-0.3, -0.25) is 4.57 Å². The van der Waals surface area contributed by atoms with Crippen LogP contribution in [0.1, 0.15) is 18.1 Å². The predicted octanol–water partition coefficient (Wildman–Crippen LogP) is 2.50. The van der Waals surface area contributed by atoms with Crippen molar-refractivity contribution in [1.29, 1.82) is 5.26 Å². The lowest BCUT2D eigenvalue weighted by Crippen LogP contribution is -1.91. The van der Waals surface area contributed by atoms with Crippen LogP contribution in [0, 0.1) is 11.3 Å². The van der Waals surface area contributed by atoms with Crippen LogP contribution in [0.3, 0.4) is 0 Å². The van der Waals surface area contributed by atoms with Crippen molar-refractivity contribution >= 4 is 0 Å². The first-order chi connectivity index (χ1) is 6.86. The van der Waals surface area contributed by atoms with Gasteiger partial charge in [0.1, 0.15) is 11.6 Å². The molecule has 0 N–H and O–H groups in total. The minimum absolute atomic E-state index is 0.606. The van der Waals surface area contributed by atoms with E-state index in [4.69, 9.17) is 9.68 Å². The van der Waals surface area contributed by atoms with Crippen LogP contribution in [-0.4, -0.2) is 4.57 Å². The van der Waals surface area contributed by atoms with E-state index in [9.17, 15) is 0 Å². The first kappa shape index (κ1) is 8.64. The van der Waals surface area contributed by atoms with Crippen molar-refractivity contribution < 1.29 is 4.42 Å². The molecule has 2 heterocycles. The number of hydrogen-bond acceptors (Lipinski definition) is 2. The normalized spacial score (nSPS) is 10.0. The van der Waals surface area contributed by atoms with Crippen molar-refractivity contribution in [3.05, 3.63) is 41.9 Å². The second-order valence-corrected chi connectivity index (χ2v) is 3.00. The van der Waals surface area contributed by atoms with Crippen LogP contribution >= 0.6 is 0 Å². The van der Waals surface area contributed by atoms with Gasteiger partial charge in [-0.05, 0) is 18.6 Å². The summed E-state index contributed by atoms with van der Waals surface area (Å²) in [5.41, 5.74) is 1.58. The highest BCUT2D eigenvalue weighted by Crippen LogP contribution is 2.20.